The van der Waals surface area contributed by atoms with Gasteiger partial charge in [0.15, 0.2) is 0 Å². The van der Waals surface area contributed by atoms with Gasteiger partial charge in [-0.15, -0.1) is 0 Å². The van der Waals surface area contributed by atoms with Crippen LogP contribution in [-0.2, 0) is 7.05 Å². The lowest BCUT2D eigenvalue weighted by Gasteiger charge is -2.13. The second-order valence-electron chi connectivity index (χ2n) is 5.44. The molecule has 2 rings (SSSR count). The SMILES string of the molecule is COc1ccc(C(=O)Nc2cc(C(=O)N(C)C)cn(C)c2=O)cc1. The number of anilines is 1. The van der Waals surface area contributed by atoms with Gasteiger partial charge >= 0.3 is 0 Å². The summed E-state index contributed by atoms with van der Waals surface area (Å²) in [6.07, 6.45) is 1.44. The van der Waals surface area contributed by atoms with Crippen molar-refractivity contribution in [3.8, 4) is 5.75 Å². The first-order valence-electron chi connectivity index (χ1n) is 7.21. The van der Waals surface area contributed by atoms with Crippen LogP contribution in [-0.4, -0.2) is 42.5 Å². The molecule has 0 spiro atoms. The number of carbonyl (C=O) groups excluding carboxylic acids is 2. The van der Waals surface area contributed by atoms with Crippen LogP contribution in [0, 0.1) is 0 Å². The maximum absolute atomic E-state index is 12.3. The Balaban J connectivity index is 2.32. The fourth-order valence-corrected chi connectivity index (χ4v) is 2.11. The highest BCUT2D eigenvalue weighted by Crippen LogP contribution is 2.13. The Bertz CT molecular complexity index is 823. The Labute approximate surface area is 139 Å². The molecule has 2 amide bonds. The molecule has 24 heavy (non-hydrogen) atoms. The van der Waals surface area contributed by atoms with E-state index in [1.807, 2.05) is 0 Å². The van der Waals surface area contributed by atoms with Gasteiger partial charge in [-0.25, -0.2) is 0 Å². The van der Waals surface area contributed by atoms with E-state index in [1.165, 1.54) is 35.9 Å². The number of pyridine rings is 1. The Kier molecular flexibility index (Phi) is 5.03. The fourth-order valence-electron chi connectivity index (χ4n) is 2.11. The molecule has 1 heterocycles. The van der Waals surface area contributed by atoms with Crippen LogP contribution in [0.15, 0.2) is 41.3 Å². The third kappa shape index (κ3) is 3.62. The summed E-state index contributed by atoms with van der Waals surface area (Å²) >= 11 is 0. The summed E-state index contributed by atoms with van der Waals surface area (Å²) in [5.74, 6) is -0.0733. The van der Waals surface area contributed by atoms with Crippen molar-refractivity contribution in [3.63, 3.8) is 0 Å². The van der Waals surface area contributed by atoms with Crippen molar-refractivity contribution in [1.82, 2.24) is 9.47 Å². The van der Waals surface area contributed by atoms with E-state index in [9.17, 15) is 14.4 Å². The number of nitrogens with zero attached hydrogens (tertiary/aromatic N) is 2. The average molecular weight is 329 g/mol. The minimum atomic E-state index is -0.441. The van der Waals surface area contributed by atoms with Gasteiger partial charge in [0.05, 0.1) is 12.7 Å². The molecule has 1 aromatic heterocycles. The van der Waals surface area contributed by atoms with Gasteiger partial charge in [0.1, 0.15) is 11.4 Å². The minimum absolute atomic E-state index is 0.0472. The average Bonchev–Trinajstić information content (AvgIpc) is 2.57. The van der Waals surface area contributed by atoms with Crippen molar-refractivity contribution in [2.24, 2.45) is 7.05 Å². The molecule has 0 bridgehead atoms. The molecular formula is C17H19N3O4. The van der Waals surface area contributed by atoms with E-state index in [0.29, 0.717) is 16.9 Å². The van der Waals surface area contributed by atoms with Crippen LogP contribution in [0.5, 0.6) is 5.75 Å². The van der Waals surface area contributed by atoms with E-state index in [2.05, 4.69) is 5.32 Å². The van der Waals surface area contributed by atoms with Gasteiger partial charge in [-0.2, -0.15) is 0 Å². The van der Waals surface area contributed by atoms with E-state index in [1.54, 1.807) is 38.4 Å². The highest BCUT2D eigenvalue weighted by molar-refractivity contribution is 6.05. The maximum atomic E-state index is 12.3. The van der Waals surface area contributed by atoms with Crippen molar-refractivity contribution in [3.05, 3.63) is 58.0 Å². The molecule has 7 nitrogen and oxygen atoms in total. The molecule has 0 aliphatic rings. The number of aromatic nitrogens is 1. The Morgan fingerprint density at radius 2 is 1.75 bits per heavy atom. The van der Waals surface area contributed by atoms with Crippen LogP contribution >= 0.6 is 0 Å². The van der Waals surface area contributed by atoms with Gasteiger partial charge in [0, 0.05) is 32.9 Å². The lowest BCUT2D eigenvalue weighted by molar-refractivity contribution is 0.0826. The number of rotatable bonds is 4. The molecule has 0 fully saturated rings. The van der Waals surface area contributed by atoms with Crippen LogP contribution in [0.25, 0.3) is 0 Å². The quantitative estimate of drug-likeness (QED) is 0.918. The Hall–Kier alpha value is -3.09. The third-order valence-electron chi connectivity index (χ3n) is 3.44. The number of nitrogens with one attached hydrogen (secondary N) is 1. The molecule has 0 unspecified atom stereocenters. The normalized spacial score (nSPS) is 10.2. The second kappa shape index (κ2) is 6.99. The zero-order valence-electron chi connectivity index (χ0n) is 14.0. The minimum Gasteiger partial charge on any atom is -0.497 e. The molecule has 0 radical (unpaired) electrons. The van der Waals surface area contributed by atoms with E-state index in [4.69, 9.17) is 4.74 Å². The number of hydrogen-bond donors (Lipinski definition) is 1. The zero-order valence-corrected chi connectivity index (χ0v) is 14.0. The molecule has 126 valence electrons. The molecule has 1 aromatic carbocycles. The largest absolute Gasteiger partial charge is 0.497 e. The van der Waals surface area contributed by atoms with E-state index >= 15 is 0 Å². The molecule has 0 atom stereocenters. The Morgan fingerprint density at radius 3 is 2.29 bits per heavy atom. The van der Waals surface area contributed by atoms with Gasteiger partial charge in [-0.1, -0.05) is 0 Å². The number of ether oxygens (including phenoxy) is 1. The van der Waals surface area contributed by atoms with Crippen LogP contribution in [0.2, 0.25) is 0 Å². The first-order valence-corrected chi connectivity index (χ1v) is 7.21. The summed E-state index contributed by atoms with van der Waals surface area (Å²) < 4.78 is 6.30. The highest BCUT2D eigenvalue weighted by Gasteiger charge is 2.15. The molecule has 1 N–H and O–H groups in total. The van der Waals surface area contributed by atoms with Gasteiger partial charge in [0.25, 0.3) is 17.4 Å². The summed E-state index contributed by atoms with van der Waals surface area (Å²) in [5, 5.41) is 2.56. The molecule has 2 aromatic rings. The predicted octanol–water partition coefficient (Wildman–Crippen LogP) is 1.35. The van der Waals surface area contributed by atoms with E-state index < -0.39 is 11.5 Å². The summed E-state index contributed by atoms with van der Waals surface area (Å²) in [7, 11) is 6.29. The number of methoxy groups -OCH3 is 1. The molecule has 0 aliphatic carbocycles. The first-order chi connectivity index (χ1) is 11.3. The number of amides is 2. The van der Waals surface area contributed by atoms with Crippen LogP contribution in [0.4, 0.5) is 5.69 Å². The van der Waals surface area contributed by atoms with Gasteiger partial charge in [0.2, 0.25) is 0 Å². The number of benzene rings is 1. The standard InChI is InChI=1S/C17H19N3O4/c1-19(2)16(22)12-9-14(17(23)20(3)10-12)18-15(21)11-5-7-13(24-4)8-6-11/h5-10H,1-4H3,(H,18,21). The van der Waals surface area contributed by atoms with E-state index in [-0.39, 0.29) is 11.6 Å². The number of hydrogen-bond acceptors (Lipinski definition) is 4. The monoisotopic (exact) mass is 329 g/mol. The van der Waals surface area contributed by atoms with Gasteiger partial charge in [-0.3, -0.25) is 14.4 Å². The molecule has 0 aliphatic heterocycles. The molecule has 0 saturated heterocycles. The van der Waals surface area contributed by atoms with Crippen molar-refractivity contribution < 1.29 is 14.3 Å². The topological polar surface area (TPSA) is 80.6 Å². The van der Waals surface area contributed by atoms with Gasteiger partial charge in [-0.05, 0) is 30.3 Å². The Morgan fingerprint density at radius 1 is 1.12 bits per heavy atom. The number of carbonyl (C=O) groups is 2. The predicted molar refractivity (Wildman–Crippen MR) is 90.6 cm³/mol. The summed E-state index contributed by atoms with van der Waals surface area (Å²) in [6.45, 7) is 0. The van der Waals surface area contributed by atoms with Crippen molar-refractivity contribution in [1.29, 1.82) is 0 Å². The van der Waals surface area contributed by atoms with Gasteiger partial charge < -0.3 is 19.5 Å². The zero-order chi connectivity index (χ0) is 17.9. The lowest BCUT2D eigenvalue weighted by atomic mass is 10.2. The van der Waals surface area contributed by atoms with Crippen LogP contribution in [0.1, 0.15) is 20.7 Å². The van der Waals surface area contributed by atoms with Crippen molar-refractivity contribution in [2.75, 3.05) is 26.5 Å². The van der Waals surface area contributed by atoms with Crippen LogP contribution < -0.4 is 15.6 Å². The lowest BCUT2D eigenvalue weighted by Crippen LogP contribution is -2.28. The second-order valence-corrected chi connectivity index (χ2v) is 5.44. The molecule has 0 saturated carbocycles. The van der Waals surface area contributed by atoms with Crippen molar-refractivity contribution in [2.45, 2.75) is 0 Å². The highest BCUT2D eigenvalue weighted by atomic mass is 16.5. The maximum Gasteiger partial charge on any atom is 0.274 e. The van der Waals surface area contributed by atoms with Crippen molar-refractivity contribution >= 4 is 17.5 Å². The smallest absolute Gasteiger partial charge is 0.274 e. The third-order valence-corrected chi connectivity index (χ3v) is 3.44. The number of aryl methyl sites for hydroxylation is 1. The summed E-state index contributed by atoms with van der Waals surface area (Å²) in [6, 6.07) is 7.87. The van der Waals surface area contributed by atoms with E-state index in [0.717, 1.165) is 0 Å². The molecular weight excluding hydrogens is 310 g/mol. The van der Waals surface area contributed by atoms with Crippen LogP contribution in [0.3, 0.4) is 0 Å². The first kappa shape index (κ1) is 17.3. The fraction of sp³-hybridized carbons (Fsp3) is 0.235. The summed E-state index contributed by atoms with van der Waals surface area (Å²) in [5.41, 5.74) is 0.340. The summed E-state index contributed by atoms with van der Waals surface area (Å²) in [4.78, 5) is 37.9. The molecule has 7 heteroatoms.